The van der Waals surface area contributed by atoms with Gasteiger partial charge >= 0.3 is 0 Å². The Morgan fingerprint density at radius 1 is 1.59 bits per heavy atom. The summed E-state index contributed by atoms with van der Waals surface area (Å²) in [6, 6.07) is 0. The van der Waals surface area contributed by atoms with Gasteiger partial charge in [0.05, 0.1) is 6.61 Å². The number of ether oxygens (including phenoxy) is 1. The lowest BCUT2D eigenvalue weighted by atomic mass is 10.0. The number of hydrogen-bond donors (Lipinski definition) is 2. The minimum atomic E-state index is -0.158. The lowest BCUT2D eigenvalue weighted by Crippen LogP contribution is -2.33. The van der Waals surface area contributed by atoms with E-state index in [0.717, 1.165) is 26.1 Å². The fraction of sp³-hybridized carbons (Fsp3) is 0.700. The molecule has 94 valence electrons. The van der Waals surface area contributed by atoms with Crippen LogP contribution in [0.3, 0.4) is 0 Å². The van der Waals surface area contributed by atoms with Crippen molar-refractivity contribution in [1.82, 2.24) is 15.5 Å². The van der Waals surface area contributed by atoms with Gasteiger partial charge < -0.3 is 15.4 Å². The molecule has 2 heterocycles. The lowest BCUT2D eigenvalue weighted by Gasteiger charge is -2.21. The van der Waals surface area contributed by atoms with E-state index in [2.05, 4.69) is 20.8 Å². The number of carbonyl (C=O) groups excluding carboxylic acids is 1. The van der Waals surface area contributed by atoms with Crippen molar-refractivity contribution in [2.75, 3.05) is 32.1 Å². The zero-order valence-corrected chi connectivity index (χ0v) is 10.5. The normalized spacial score (nSPS) is 19.9. The molecule has 0 saturated carbocycles. The Balaban J connectivity index is 1.80. The molecule has 0 aliphatic carbocycles. The standard InChI is InChI=1S/C10H16N4O2S/c1-11-10-14-13-9(17-10)8(15)12-5-7-3-2-4-16-6-7/h7H,2-6H2,1H3,(H,11,14)(H,12,15). The Bertz CT molecular complexity index is 376. The van der Waals surface area contributed by atoms with Gasteiger partial charge in [0.1, 0.15) is 0 Å². The third kappa shape index (κ3) is 3.37. The second kappa shape index (κ2) is 5.92. The highest BCUT2D eigenvalue weighted by molar-refractivity contribution is 7.17. The smallest absolute Gasteiger partial charge is 0.282 e. The molecule has 0 spiro atoms. The van der Waals surface area contributed by atoms with E-state index in [-0.39, 0.29) is 5.91 Å². The molecule has 17 heavy (non-hydrogen) atoms. The highest BCUT2D eigenvalue weighted by Gasteiger charge is 2.17. The molecule has 1 aliphatic rings. The van der Waals surface area contributed by atoms with Gasteiger partial charge in [-0.05, 0) is 18.8 Å². The maximum Gasteiger partial charge on any atom is 0.282 e. The van der Waals surface area contributed by atoms with Crippen LogP contribution in [-0.2, 0) is 4.74 Å². The summed E-state index contributed by atoms with van der Waals surface area (Å²) in [5.41, 5.74) is 0. The van der Waals surface area contributed by atoms with Crippen LogP contribution in [0, 0.1) is 5.92 Å². The average Bonchev–Trinajstić information content (AvgIpc) is 2.86. The van der Waals surface area contributed by atoms with Crippen LogP contribution in [0.15, 0.2) is 0 Å². The predicted molar refractivity (Wildman–Crippen MR) is 65.3 cm³/mol. The number of rotatable bonds is 4. The molecule has 1 unspecified atom stereocenters. The maximum atomic E-state index is 11.7. The van der Waals surface area contributed by atoms with Gasteiger partial charge in [-0.2, -0.15) is 0 Å². The zero-order valence-electron chi connectivity index (χ0n) is 9.73. The molecule has 1 aromatic rings. The van der Waals surface area contributed by atoms with Gasteiger partial charge in [-0.25, -0.2) is 0 Å². The molecule has 0 radical (unpaired) electrons. The molecule has 1 amide bonds. The van der Waals surface area contributed by atoms with Crippen LogP contribution in [0.4, 0.5) is 5.13 Å². The monoisotopic (exact) mass is 256 g/mol. The van der Waals surface area contributed by atoms with E-state index >= 15 is 0 Å². The largest absolute Gasteiger partial charge is 0.381 e. The van der Waals surface area contributed by atoms with Crippen molar-refractivity contribution >= 4 is 22.4 Å². The van der Waals surface area contributed by atoms with Gasteiger partial charge in [-0.3, -0.25) is 4.79 Å². The molecule has 1 atom stereocenters. The number of carbonyl (C=O) groups is 1. The molecule has 0 bridgehead atoms. The van der Waals surface area contributed by atoms with E-state index < -0.39 is 0 Å². The summed E-state index contributed by atoms with van der Waals surface area (Å²) < 4.78 is 5.35. The number of nitrogens with zero attached hydrogens (tertiary/aromatic N) is 2. The fourth-order valence-corrected chi connectivity index (χ4v) is 2.31. The summed E-state index contributed by atoms with van der Waals surface area (Å²) in [4.78, 5) is 11.7. The highest BCUT2D eigenvalue weighted by atomic mass is 32.1. The van der Waals surface area contributed by atoms with Gasteiger partial charge in [0, 0.05) is 20.2 Å². The summed E-state index contributed by atoms with van der Waals surface area (Å²) in [7, 11) is 1.75. The fourth-order valence-electron chi connectivity index (χ4n) is 1.70. The summed E-state index contributed by atoms with van der Waals surface area (Å²) in [6.45, 7) is 2.22. The number of aromatic nitrogens is 2. The maximum absolute atomic E-state index is 11.7. The first-order valence-electron chi connectivity index (χ1n) is 5.67. The zero-order chi connectivity index (χ0) is 12.1. The molecule has 1 fully saturated rings. The quantitative estimate of drug-likeness (QED) is 0.831. The van der Waals surface area contributed by atoms with Crippen LogP contribution in [-0.4, -0.2) is 42.9 Å². The third-order valence-corrected chi connectivity index (χ3v) is 3.58. The van der Waals surface area contributed by atoms with Crippen molar-refractivity contribution in [3.05, 3.63) is 5.01 Å². The van der Waals surface area contributed by atoms with Crippen LogP contribution in [0.1, 0.15) is 22.6 Å². The molecular weight excluding hydrogens is 240 g/mol. The van der Waals surface area contributed by atoms with Gasteiger partial charge in [0.2, 0.25) is 10.1 Å². The van der Waals surface area contributed by atoms with E-state index in [0.29, 0.717) is 22.6 Å². The topological polar surface area (TPSA) is 76.1 Å². The van der Waals surface area contributed by atoms with Gasteiger partial charge in [0.25, 0.3) is 5.91 Å². The first-order valence-corrected chi connectivity index (χ1v) is 6.48. The van der Waals surface area contributed by atoms with Crippen LogP contribution in [0.5, 0.6) is 0 Å². The van der Waals surface area contributed by atoms with Crippen LogP contribution < -0.4 is 10.6 Å². The van der Waals surface area contributed by atoms with Crippen molar-refractivity contribution in [3.63, 3.8) is 0 Å². The highest BCUT2D eigenvalue weighted by Crippen LogP contribution is 2.15. The SMILES string of the molecule is CNc1nnc(C(=O)NCC2CCCOC2)s1. The first-order chi connectivity index (χ1) is 8.29. The number of anilines is 1. The van der Waals surface area contributed by atoms with Crippen molar-refractivity contribution in [2.45, 2.75) is 12.8 Å². The van der Waals surface area contributed by atoms with E-state index in [4.69, 9.17) is 4.74 Å². The van der Waals surface area contributed by atoms with Crippen molar-refractivity contribution in [1.29, 1.82) is 0 Å². The number of hydrogen-bond acceptors (Lipinski definition) is 6. The molecular formula is C10H16N4O2S. The van der Waals surface area contributed by atoms with Crippen molar-refractivity contribution < 1.29 is 9.53 Å². The Morgan fingerprint density at radius 2 is 2.47 bits per heavy atom. The second-order valence-electron chi connectivity index (χ2n) is 3.96. The predicted octanol–water partition coefficient (Wildman–Crippen LogP) is 0.736. The van der Waals surface area contributed by atoms with Gasteiger partial charge in [0.15, 0.2) is 0 Å². The molecule has 1 aromatic heterocycles. The molecule has 7 heteroatoms. The average molecular weight is 256 g/mol. The van der Waals surface area contributed by atoms with E-state index in [1.54, 1.807) is 7.05 Å². The lowest BCUT2D eigenvalue weighted by molar-refractivity contribution is 0.0536. The summed E-state index contributed by atoms with van der Waals surface area (Å²) in [5.74, 6) is 0.263. The van der Waals surface area contributed by atoms with Crippen LogP contribution in [0.2, 0.25) is 0 Å². The van der Waals surface area contributed by atoms with Crippen molar-refractivity contribution in [3.8, 4) is 0 Å². The Kier molecular flexibility index (Phi) is 4.27. The van der Waals surface area contributed by atoms with E-state index in [1.165, 1.54) is 11.3 Å². The molecule has 1 aliphatic heterocycles. The van der Waals surface area contributed by atoms with E-state index in [1.807, 2.05) is 0 Å². The van der Waals surface area contributed by atoms with Gasteiger partial charge in [-0.15, -0.1) is 10.2 Å². The summed E-state index contributed by atoms with van der Waals surface area (Å²) in [6.07, 6.45) is 2.18. The molecule has 1 saturated heterocycles. The molecule has 2 rings (SSSR count). The van der Waals surface area contributed by atoms with E-state index in [9.17, 15) is 4.79 Å². The Morgan fingerprint density at radius 3 is 3.12 bits per heavy atom. The third-order valence-electron chi connectivity index (χ3n) is 2.64. The molecule has 2 N–H and O–H groups in total. The first kappa shape index (κ1) is 12.3. The Hall–Kier alpha value is -1.21. The summed E-state index contributed by atoms with van der Waals surface area (Å²) in [5, 5.41) is 14.4. The molecule has 0 aromatic carbocycles. The van der Waals surface area contributed by atoms with Crippen LogP contribution in [0.25, 0.3) is 0 Å². The van der Waals surface area contributed by atoms with Crippen molar-refractivity contribution in [2.24, 2.45) is 5.92 Å². The van der Waals surface area contributed by atoms with Crippen LogP contribution >= 0.6 is 11.3 Å². The second-order valence-corrected chi connectivity index (χ2v) is 4.93. The minimum Gasteiger partial charge on any atom is -0.381 e. The minimum absolute atomic E-state index is 0.158. The molecule has 6 nitrogen and oxygen atoms in total. The van der Waals surface area contributed by atoms with Gasteiger partial charge in [-0.1, -0.05) is 11.3 Å². The Labute approximate surface area is 104 Å². The summed E-state index contributed by atoms with van der Waals surface area (Å²) >= 11 is 1.25. The number of nitrogens with one attached hydrogen (secondary N) is 2. The number of amides is 1.